The number of aromatic nitrogens is 1. The van der Waals surface area contributed by atoms with E-state index in [1.54, 1.807) is 6.20 Å². The first-order valence-corrected chi connectivity index (χ1v) is 6.96. The van der Waals surface area contributed by atoms with E-state index in [-0.39, 0.29) is 0 Å². The summed E-state index contributed by atoms with van der Waals surface area (Å²) in [6.07, 6.45) is 2.73. The van der Waals surface area contributed by atoms with Crippen LogP contribution in [0.1, 0.15) is 12.5 Å². The van der Waals surface area contributed by atoms with Crippen LogP contribution in [0.15, 0.2) is 54.7 Å². The van der Waals surface area contributed by atoms with E-state index in [4.69, 9.17) is 16.3 Å². The van der Waals surface area contributed by atoms with Crippen LogP contribution in [0.2, 0.25) is 5.02 Å². The molecule has 1 heterocycles. The smallest absolute Gasteiger partial charge is 0.138 e. The zero-order valence-corrected chi connectivity index (χ0v) is 11.9. The minimum absolute atomic E-state index is 0.634. The van der Waals surface area contributed by atoms with Gasteiger partial charge < -0.3 is 4.74 Å². The molecule has 20 heavy (non-hydrogen) atoms. The third kappa shape index (κ3) is 2.47. The molecule has 3 aromatic rings. The minimum atomic E-state index is 0.634. The van der Waals surface area contributed by atoms with Crippen LogP contribution in [-0.2, 0) is 6.42 Å². The van der Waals surface area contributed by atoms with Crippen molar-refractivity contribution in [1.29, 1.82) is 0 Å². The third-order valence-electron chi connectivity index (χ3n) is 3.24. The van der Waals surface area contributed by atoms with Crippen molar-refractivity contribution in [1.82, 2.24) is 4.98 Å². The Labute approximate surface area is 123 Å². The van der Waals surface area contributed by atoms with E-state index in [0.717, 1.165) is 28.8 Å². The number of nitrogens with zero attached hydrogens (tertiary/aromatic N) is 1. The van der Waals surface area contributed by atoms with Crippen molar-refractivity contribution in [2.75, 3.05) is 0 Å². The van der Waals surface area contributed by atoms with Gasteiger partial charge in [-0.1, -0.05) is 36.7 Å². The summed E-state index contributed by atoms with van der Waals surface area (Å²) in [5, 5.41) is 1.55. The van der Waals surface area contributed by atoms with Crippen LogP contribution in [0, 0.1) is 0 Å². The molecule has 0 N–H and O–H groups in total. The van der Waals surface area contributed by atoms with E-state index in [1.165, 1.54) is 5.56 Å². The highest BCUT2D eigenvalue weighted by Gasteiger charge is 2.06. The van der Waals surface area contributed by atoms with Gasteiger partial charge in [-0.3, -0.25) is 4.98 Å². The molecule has 0 saturated heterocycles. The molecule has 0 aliphatic rings. The molecule has 0 bridgehead atoms. The van der Waals surface area contributed by atoms with Gasteiger partial charge in [0.1, 0.15) is 11.5 Å². The third-order valence-corrected chi connectivity index (χ3v) is 3.55. The normalized spacial score (nSPS) is 10.7. The van der Waals surface area contributed by atoms with Crippen molar-refractivity contribution in [3.05, 3.63) is 65.3 Å². The summed E-state index contributed by atoms with van der Waals surface area (Å²) in [6, 6.07) is 15.7. The van der Waals surface area contributed by atoms with Crippen LogP contribution in [0.5, 0.6) is 11.5 Å². The molecule has 1 aromatic heterocycles. The molecule has 0 aliphatic carbocycles. The highest BCUT2D eigenvalue weighted by molar-refractivity contribution is 6.35. The Morgan fingerprint density at radius 2 is 1.85 bits per heavy atom. The molecule has 0 radical (unpaired) electrons. The average Bonchev–Trinajstić information content (AvgIpc) is 2.49. The van der Waals surface area contributed by atoms with Crippen LogP contribution in [0.25, 0.3) is 10.9 Å². The summed E-state index contributed by atoms with van der Waals surface area (Å²) in [5.74, 6) is 1.58. The fraction of sp³-hybridized carbons (Fsp3) is 0.118. The van der Waals surface area contributed by atoms with E-state index < -0.39 is 0 Å². The SMILES string of the molecule is CCc1ccc(Oc2ccnc3c(Cl)cccc23)cc1. The lowest BCUT2D eigenvalue weighted by atomic mass is 10.1. The number of benzene rings is 2. The van der Waals surface area contributed by atoms with Gasteiger partial charge >= 0.3 is 0 Å². The quantitative estimate of drug-likeness (QED) is 0.655. The van der Waals surface area contributed by atoms with Crippen molar-refractivity contribution in [2.24, 2.45) is 0 Å². The molecule has 3 heteroatoms. The summed E-state index contributed by atoms with van der Waals surface area (Å²) in [7, 11) is 0. The zero-order valence-electron chi connectivity index (χ0n) is 11.1. The van der Waals surface area contributed by atoms with Crippen LogP contribution in [0.4, 0.5) is 0 Å². The first-order chi connectivity index (χ1) is 9.78. The monoisotopic (exact) mass is 283 g/mol. The number of pyridine rings is 1. The Balaban J connectivity index is 1.99. The second kappa shape index (κ2) is 5.51. The van der Waals surface area contributed by atoms with Crippen molar-refractivity contribution in [3.63, 3.8) is 0 Å². The van der Waals surface area contributed by atoms with Gasteiger partial charge in [-0.25, -0.2) is 0 Å². The summed E-state index contributed by atoms with van der Waals surface area (Å²) >= 11 is 6.15. The largest absolute Gasteiger partial charge is 0.457 e. The Morgan fingerprint density at radius 3 is 2.60 bits per heavy atom. The predicted octanol–water partition coefficient (Wildman–Crippen LogP) is 5.24. The maximum atomic E-state index is 6.15. The van der Waals surface area contributed by atoms with Crippen LogP contribution < -0.4 is 4.74 Å². The van der Waals surface area contributed by atoms with Gasteiger partial charge in [-0.15, -0.1) is 0 Å². The minimum Gasteiger partial charge on any atom is -0.457 e. The summed E-state index contributed by atoms with van der Waals surface area (Å²) in [4.78, 5) is 4.30. The molecule has 0 unspecified atom stereocenters. The molecule has 3 rings (SSSR count). The maximum Gasteiger partial charge on any atom is 0.138 e. The van der Waals surface area contributed by atoms with E-state index >= 15 is 0 Å². The topological polar surface area (TPSA) is 22.1 Å². The fourth-order valence-electron chi connectivity index (χ4n) is 2.12. The number of halogens is 1. The van der Waals surface area contributed by atoms with Gasteiger partial charge in [0.25, 0.3) is 0 Å². The van der Waals surface area contributed by atoms with Crippen molar-refractivity contribution < 1.29 is 4.74 Å². The number of rotatable bonds is 3. The van der Waals surface area contributed by atoms with E-state index in [0.29, 0.717) is 5.02 Å². The molecule has 0 atom stereocenters. The van der Waals surface area contributed by atoms with Gasteiger partial charge in [0, 0.05) is 11.6 Å². The molecule has 100 valence electrons. The lowest BCUT2D eigenvalue weighted by Gasteiger charge is -2.09. The molecular weight excluding hydrogens is 270 g/mol. The van der Waals surface area contributed by atoms with Crippen LogP contribution in [0.3, 0.4) is 0 Å². The Bertz CT molecular complexity index is 738. The Hall–Kier alpha value is -2.06. The summed E-state index contributed by atoms with van der Waals surface area (Å²) in [6.45, 7) is 2.13. The highest BCUT2D eigenvalue weighted by atomic mass is 35.5. The molecular formula is C17H14ClNO. The molecule has 2 aromatic carbocycles. The Morgan fingerprint density at radius 1 is 1.05 bits per heavy atom. The molecule has 0 amide bonds. The second-order valence-corrected chi connectivity index (χ2v) is 4.95. The standard InChI is InChI=1S/C17H14ClNO/c1-2-12-6-8-13(9-7-12)20-16-10-11-19-17-14(16)4-3-5-15(17)18/h3-11H,2H2,1H3. The van der Waals surface area contributed by atoms with E-state index in [1.807, 2.05) is 36.4 Å². The molecule has 0 saturated carbocycles. The average molecular weight is 284 g/mol. The van der Waals surface area contributed by atoms with Gasteiger partial charge in [-0.2, -0.15) is 0 Å². The fourth-order valence-corrected chi connectivity index (χ4v) is 2.35. The number of fused-ring (bicyclic) bond motifs is 1. The first kappa shape index (κ1) is 12.9. The lowest BCUT2D eigenvalue weighted by molar-refractivity contribution is 0.487. The Kier molecular flexibility index (Phi) is 3.57. The number of para-hydroxylation sites is 1. The number of hydrogen-bond donors (Lipinski definition) is 0. The first-order valence-electron chi connectivity index (χ1n) is 6.58. The lowest BCUT2D eigenvalue weighted by Crippen LogP contribution is -1.88. The van der Waals surface area contributed by atoms with Crippen molar-refractivity contribution >= 4 is 22.5 Å². The van der Waals surface area contributed by atoms with Crippen molar-refractivity contribution in [2.45, 2.75) is 13.3 Å². The van der Waals surface area contributed by atoms with Crippen LogP contribution in [-0.4, -0.2) is 4.98 Å². The van der Waals surface area contributed by atoms with Gasteiger partial charge in [0.15, 0.2) is 0 Å². The second-order valence-electron chi connectivity index (χ2n) is 4.54. The number of ether oxygens (including phenoxy) is 1. The molecule has 2 nitrogen and oxygen atoms in total. The summed E-state index contributed by atoms with van der Waals surface area (Å²) in [5.41, 5.74) is 2.05. The molecule has 0 aliphatic heterocycles. The van der Waals surface area contributed by atoms with Crippen molar-refractivity contribution in [3.8, 4) is 11.5 Å². The number of hydrogen-bond acceptors (Lipinski definition) is 2. The van der Waals surface area contributed by atoms with E-state index in [9.17, 15) is 0 Å². The molecule has 0 spiro atoms. The van der Waals surface area contributed by atoms with Gasteiger partial charge in [0.05, 0.1) is 10.5 Å². The summed E-state index contributed by atoms with van der Waals surface area (Å²) < 4.78 is 5.95. The van der Waals surface area contributed by atoms with E-state index in [2.05, 4.69) is 24.0 Å². The predicted molar refractivity (Wildman–Crippen MR) is 82.6 cm³/mol. The zero-order chi connectivity index (χ0) is 13.9. The number of aryl methyl sites for hydroxylation is 1. The van der Waals surface area contributed by atoms with Crippen LogP contribution >= 0.6 is 11.6 Å². The molecule has 0 fully saturated rings. The maximum absolute atomic E-state index is 6.15. The highest BCUT2D eigenvalue weighted by Crippen LogP contribution is 2.31. The van der Waals surface area contributed by atoms with Gasteiger partial charge in [0.2, 0.25) is 0 Å². The van der Waals surface area contributed by atoms with Gasteiger partial charge in [-0.05, 0) is 42.3 Å².